The Morgan fingerprint density at radius 2 is 1.74 bits per heavy atom. The van der Waals surface area contributed by atoms with Gasteiger partial charge in [-0.3, -0.25) is 0 Å². The van der Waals surface area contributed by atoms with Crippen molar-refractivity contribution in [2.45, 2.75) is 25.5 Å². The topological polar surface area (TPSA) is 32.8 Å². The molecule has 27 heavy (non-hydrogen) atoms. The van der Waals surface area contributed by atoms with Gasteiger partial charge in [-0.15, -0.1) is 0 Å². The summed E-state index contributed by atoms with van der Waals surface area (Å²) < 4.78 is 5.52. The van der Waals surface area contributed by atoms with Gasteiger partial charge < -0.3 is 14.5 Å². The van der Waals surface area contributed by atoms with Gasteiger partial charge in [-0.05, 0) is 55.3 Å². The van der Waals surface area contributed by atoms with Gasteiger partial charge in [-0.25, -0.2) is 4.79 Å². The number of rotatable bonds is 6. The molecule has 0 saturated carbocycles. The molecular formula is C21H24Cl2N2O2. The first-order valence-corrected chi connectivity index (χ1v) is 9.90. The summed E-state index contributed by atoms with van der Waals surface area (Å²) in [7, 11) is 1.77. The summed E-state index contributed by atoms with van der Waals surface area (Å²) in [4.78, 5) is 16.7. The highest BCUT2D eigenvalue weighted by Crippen LogP contribution is 2.29. The Balaban J connectivity index is 1.74. The van der Waals surface area contributed by atoms with Crippen molar-refractivity contribution in [3.8, 4) is 0 Å². The second-order valence-electron chi connectivity index (χ2n) is 6.88. The molecule has 1 heterocycles. The van der Waals surface area contributed by atoms with Gasteiger partial charge >= 0.3 is 6.09 Å². The second-order valence-corrected chi connectivity index (χ2v) is 7.75. The fourth-order valence-corrected chi connectivity index (χ4v) is 3.92. The Hall–Kier alpha value is -1.75. The molecule has 0 radical (unpaired) electrons. The molecule has 2 aromatic carbocycles. The van der Waals surface area contributed by atoms with E-state index in [9.17, 15) is 4.79 Å². The van der Waals surface area contributed by atoms with E-state index in [1.807, 2.05) is 42.5 Å². The van der Waals surface area contributed by atoms with E-state index in [1.54, 1.807) is 18.0 Å². The number of benzene rings is 2. The van der Waals surface area contributed by atoms with Crippen molar-refractivity contribution < 1.29 is 9.53 Å². The van der Waals surface area contributed by atoms with Crippen LogP contribution in [0.1, 0.15) is 30.0 Å². The average Bonchev–Trinajstić information content (AvgIpc) is 3.17. The van der Waals surface area contributed by atoms with E-state index in [0.717, 1.165) is 30.8 Å². The lowest BCUT2D eigenvalue weighted by Gasteiger charge is -2.31. The van der Waals surface area contributed by atoms with Gasteiger partial charge in [0.1, 0.15) is 6.61 Å². The largest absolute Gasteiger partial charge is 0.445 e. The van der Waals surface area contributed by atoms with Gasteiger partial charge in [0, 0.05) is 23.6 Å². The van der Waals surface area contributed by atoms with E-state index in [-0.39, 0.29) is 18.7 Å². The first kappa shape index (κ1) is 20.0. The number of amides is 1. The minimum Gasteiger partial charge on any atom is -0.445 e. The fraction of sp³-hybridized carbons (Fsp3) is 0.381. The van der Waals surface area contributed by atoms with Crippen LogP contribution < -0.4 is 0 Å². The number of halogens is 2. The molecule has 0 unspecified atom stereocenters. The molecule has 1 aliphatic heterocycles. The van der Waals surface area contributed by atoms with Crippen LogP contribution in [0.2, 0.25) is 10.0 Å². The minimum absolute atomic E-state index is 0.178. The molecule has 0 aromatic heterocycles. The predicted octanol–water partition coefficient (Wildman–Crippen LogP) is 5.40. The van der Waals surface area contributed by atoms with Crippen molar-refractivity contribution in [3.63, 3.8) is 0 Å². The monoisotopic (exact) mass is 406 g/mol. The molecule has 144 valence electrons. The van der Waals surface area contributed by atoms with Crippen LogP contribution in [-0.2, 0) is 11.3 Å². The van der Waals surface area contributed by atoms with Gasteiger partial charge in [0.25, 0.3) is 0 Å². The highest BCUT2D eigenvalue weighted by molar-refractivity contribution is 6.34. The maximum Gasteiger partial charge on any atom is 0.410 e. The zero-order valence-electron chi connectivity index (χ0n) is 15.4. The Morgan fingerprint density at radius 1 is 1.11 bits per heavy atom. The minimum atomic E-state index is -0.362. The number of ether oxygens (including phenoxy) is 1. The maximum atomic E-state index is 12.7. The van der Waals surface area contributed by atoms with Crippen molar-refractivity contribution in [2.24, 2.45) is 0 Å². The molecule has 6 heteroatoms. The molecule has 1 atom stereocenters. The number of likely N-dealkylation sites (N-methyl/N-ethyl adjacent to an activating group) is 1. The van der Waals surface area contributed by atoms with Crippen LogP contribution in [0, 0.1) is 0 Å². The third kappa shape index (κ3) is 5.61. The Kier molecular flexibility index (Phi) is 7.00. The molecule has 0 spiro atoms. The van der Waals surface area contributed by atoms with Crippen LogP contribution >= 0.6 is 23.2 Å². The third-order valence-electron chi connectivity index (χ3n) is 4.86. The lowest BCUT2D eigenvalue weighted by molar-refractivity contribution is 0.0834. The van der Waals surface area contributed by atoms with Gasteiger partial charge in [-0.2, -0.15) is 0 Å². The van der Waals surface area contributed by atoms with Gasteiger partial charge in [0.05, 0.1) is 6.04 Å². The zero-order valence-corrected chi connectivity index (χ0v) is 16.9. The number of carbonyl (C=O) groups excluding carboxylic acids is 1. The van der Waals surface area contributed by atoms with E-state index in [1.165, 1.54) is 12.8 Å². The zero-order chi connectivity index (χ0) is 19.2. The van der Waals surface area contributed by atoms with E-state index in [2.05, 4.69) is 4.90 Å². The summed E-state index contributed by atoms with van der Waals surface area (Å²) >= 11 is 12.4. The maximum absolute atomic E-state index is 12.7. The molecule has 3 rings (SSSR count). The van der Waals surface area contributed by atoms with E-state index in [4.69, 9.17) is 27.9 Å². The standard InChI is InChI=1S/C21H24Cl2N2O2/c1-24(21(26)27-15-16-7-3-2-4-8-16)20(14-25-9-5-6-10-25)17-11-18(22)13-19(23)12-17/h2-4,7-8,11-13,20H,5-6,9-10,14-15H2,1H3/t20-/m1/s1. The Morgan fingerprint density at radius 3 is 2.37 bits per heavy atom. The van der Waals surface area contributed by atoms with Crippen molar-refractivity contribution in [1.29, 1.82) is 0 Å². The average molecular weight is 407 g/mol. The van der Waals surface area contributed by atoms with Gasteiger partial charge in [-0.1, -0.05) is 53.5 Å². The first-order valence-electron chi connectivity index (χ1n) is 9.15. The van der Waals surface area contributed by atoms with E-state index < -0.39 is 0 Å². The SMILES string of the molecule is CN(C(=O)OCc1ccccc1)[C@H](CN1CCCC1)c1cc(Cl)cc(Cl)c1. The smallest absolute Gasteiger partial charge is 0.410 e. The van der Waals surface area contributed by atoms with Crippen molar-refractivity contribution in [1.82, 2.24) is 9.80 Å². The normalized spacial score (nSPS) is 15.5. The van der Waals surface area contributed by atoms with Crippen molar-refractivity contribution in [3.05, 3.63) is 69.7 Å². The molecule has 1 saturated heterocycles. The summed E-state index contributed by atoms with van der Waals surface area (Å²) in [6.07, 6.45) is 2.01. The number of hydrogen-bond donors (Lipinski definition) is 0. The number of likely N-dealkylation sites (tertiary alicyclic amines) is 1. The third-order valence-corrected chi connectivity index (χ3v) is 5.30. The summed E-state index contributed by atoms with van der Waals surface area (Å²) in [6.45, 7) is 3.06. The van der Waals surface area contributed by atoms with Crippen molar-refractivity contribution in [2.75, 3.05) is 26.7 Å². The summed E-state index contributed by atoms with van der Waals surface area (Å²) in [5.41, 5.74) is 1.87. The molecule has 2 aromatic rings. The Bertz CT molecular complexity index is 744. The summed E-state index contributed by atoms with van der Waals surface area (Å²) in [5.74, 6) is 0. The molecule has 0 aliphatic carbocycles. The number of carbonyl (C=O) groups is 1. The number of nitrogens with zero attached hydrogens (tertiary/aromatic N) is 2. The van der Waals surface area contributed by atoms with E-state index >= 15 is 0 Å². The summed E-state index contributed by atoms with van der Waals surface area (Å²) in [6, 6.07) is 14.9. The van der Waals surface area contributed by atoms with E-state index in [0.29, 0.717) is 10.0 Å². The first-order chi connectivity index (χ1) is 13.0. The molecule has 1 fully saturated rings. The van der Waals surface area contributed by atoms with Crippen LogP contribution in [0.5, 0.6) is 0 Å². The quantitative estimate of drug-likeness (QED) is 0.643. The predicted molar refractivity (Wildman–Crippen MR) is 109 cm³/mol. The lowest BCUT2D eigenvalue weighted by Crippen LogP contribution is -2.38. The van der Waals surface area contributed by atoms with Gasteiger partial charge in [0.2, 0.25) is 0 Å². The van der Waals surface area contributed by atoms with Crippen molar-refractivity contribution >= 4 is 29.3 Å². The van der Waals surface area contributed by atoms with Crippen LogP contribution in [0.25, 0.3) is 0 Å². The molecule has 4 nitrogen and oxygen atoms in total. The fourth-order valence-electron chi connectivity index (χ4n) is 3.38. The van der Waals surface area contributed by atoms with Crippen LogP contribution in [0.3, 0.4) is 0 Å². The van der Waals surface area contributed by atoms with Crippen LogP contribution in [-0.4, -0.2) is 42.6 Å². The van der Waals surface area contributed by atoms with Gasteiger partial charge in [0.15, 0.2) is 0 Å². The molecule has 0 N–H and O–H groups in total. The Labute approximate surface area is 170 Å². The molecule has 1 aliphatic rings. The van der Waals surface area contributed by atoms with Crippen LogP contribution in [0.15, 0.2) is 48.5 Å². The summed E-state index contributed by atoms with van der Waals surface area (Å²) in [5, 5.41) is 1.13. The highest BCUT2D eigenvalue weighted by atomic mass is 35.5. The lowest BCUT2D eigenvalue weighted by atomic mass is 10.1. The number of hydrogen-bond acceptors (Lipinski definition) is 3. The van der Waals surface area contributed by atoms with Crippen LogP contribution in [0.4, 0.5) is 4.79 Å². The molecule has 0 bridgehead atoms. The second kappa shape index (κ2) is 9.45. The highest BCUT2D eigenvalue weighted by Gasteiger charge is 2.27. The molecular weight excluding hydrogens is 383 g/mol. The molecule has 1 amide bonds.